The van der Waals surface area contributed by atoms with E-state index in [1.54, 1.807) is 55.2 Å². The van der Waals surface area contributed by atoms with Gasteiger partial charge in [-0.05, 0) is 25.1 Å². The summed E-state index contributed by atoms with van der Waals surface area (Å²) in [5, 5.41) is 10.8. The van der Waals surface area contributed by atoms with Crippen LogP contribution in [-0.4, -0.2) is 47.0 Å². The summed E-state index contributed by atoms with van der Waals surface area (Å²) in [6, 6.07) is 10.7. The first-order valence-electron chi connectivity index (χ1n) is 8.20. The number of anilines is 1. The summed E-state index contributed by atoms with van der Waals surface area (Å²) < 4.78 is 18.0. The number of pyridine rings is 1. The van der Waals surface area contributed by atoms with E-state index in [0.29, 0.717) is 47.6 Å². The van der Waals surface area contributed by atoms with E-state index >= 15 is 0 Å². The Balaban J connectivity index is 2.26. The summed E-state index contributed by atoms with van der Waals surface area (Å²) in [5.41, 5.74) is 1.05. The molecule has 1 N–H and O–H groups in total. The van der Waals surface area contributed by atoms with Crippen LogP contribution in [0.25, 0.3) is 17.2 Å². The number of nitrogens with one attached hydrogen (secondary N) is 1. The molecule has 140 valence electrons. The molecule has 27 heavy (non-hydrogen) atoms. The number of rotatable bonds is 8. The lowest BCUT2D eigenvalue weighted by molar-refractivity contribution is -0.105. The molecule has 0 saturated carbocycles. The molecule has 0 bridgehead atoms. The van der Waals surface area contributed by atoms with Gasteiger partial charge in [-0.15, -0.1) is 10.2 Å². The highest BCUT2D eigenvalue weighted by Gasteiger charge is 2.23. The highest BCUT2D eigenvalue weighted by Crippen LogP contribution is 2.37. The first kappa shape index (κ1) is 18.2. The van der Waals surface area contributed by atoms with E-state index in [1.165, 1.54) is 0 Å². The van der Waals surface area contributed by atoms with Crippen molar-refractivity contribution < 1.29 is 19.0 Å². The highest BCUT2D eigenvalue weighted by atomic mass is 16.5. The third-order valence-corrected chi connectivity index (χ3v) is 3.72. The molecule has 0 aliphatic rings. The molecule has 0 radical (unpaired) electrons. The zero-order chi connectivity index (χ0) is 19.2. The predicted octanol–water partition coefficient (Wildman–Crippen LogP) is 2.31. The third kappa shape index (κ3) is 3.52. The van der Waals surface area contributed by atoms with E-state index in [-0.39, 0.29) is 5.95 Å². The summed E-state index contributed by atoms with van der Waals surface area (Å²) in [6.07, 6.45) is 0.524. The fraction of sp³-hybridized carbons (Fsp3) is 0.222. The number of hydrogen-bond acceptors (Lipinski definition) is 7. The summed E-state index contributed by atoms with van der Waals surface area (Å²) in [5.74, 6) is 2.09. The van der Waals surface area contributed by atoms with Gasteiger partial charge in [-0.25, -0.2) is 4.98 Å². The van der Waals surface area contributed by atoms with E-state index in [4.69, 9.17) is 14.2 Å². The minimum Gasteiger partial charge on any atom is -0.494 e. The molecule has 0 saturated heterocycles. The van der Waals surface area contributed by atoms with Crippen molar-refractivity contribution >= 4 is 12.4 Å². The topological polar surface area (TPSA) is 100 Å². The number of hydrogen-bond donors (Lipinski definition) is 1. The van der Waals surface area contributed by atoms with Gasteiger partial charge in [0.25, 0.3) is 0 Å². The lowest BCUT2D eigenvalue weighted by Gasteiger charge is -2.16. The number of methoxy groups -OCH3 is 2. The Labute approximate surface area is 155 Å². The smallest absolute Gasteiger partial charge is 0.236 e. The molecular weight excluding hydrogens is 350 g/mol. The molecular formula is C18H19N5O4. The maximum atomic E-state index is 11.1. The molecule has 0 atom stereocenters. The van der Waals surface area contributed by atoms with Crippen LogP contribution in [0.3, 0.4) is 0 Å². The van der Waals surface area contributed by atoms with Crippen LogP contribution < -0.4 is 19.5 Å². The average Bonchev–Trinajstić information content (AvgIpc) is 3.11. The van der Waals surface area contributed by atoms with E-state index < -0.39 is 0 Å². The average molecular weight is 369 g/mol. The molecule has 1 amide bonds. The van der Waals surface area contributed by atoms with Crippen molar-refractivity contribution in [1.29, 1.82) is 0 Å². The largest absolute Gasteiger partial charge is 0.494 e. The van der Waals surface area contributed by atoms with Crippen LogP contribution in [0.1, 0.15) is 6.92 Å². The van der Waals surface area contributed by atoms with Gasteiger partial charge in [-0.1, -0.05) is 12.1 Å². The zero-order valence-electron chi connectivity index (χ0n) is 15.2. The number of benzene rings is 1. The molecule has 9 nitrogen and oxygen atoms in total. The lowest BCUT2D eigenvalue weighted by atomic mass is 10.2. The molecule has 0 spiro atoms. The number of nitrogens with zero attached hydrogens (tertiary/aromatic N) is 4. The second-order valence-electron chi connectivity index (χ2n) is 5.25. The van der Waals surface area contributed by atoms with Gasteiger partial charge in [-0.3, -0.25) is 14.7 Å². The van der Waals surface area contributed by atoms with Crippen LogP contribution in [-0.2, 0) is 4.79 Å². The van der Waals surface area contributed by atoms with Crippen molar-refractivity contribution in [3.8, 4) is 34.6 Å². The van der Waals surface area contributed by atoms with Gasteiger partial charge in [0.05, 0.1) is 20.8 Å². The van der Waals surface area contributed by atoms with E-state index in [2.05, 4.69) is 20.5 Å². The van der Waals surface area contributed by atoms with Gasteiger partial charge in [0, 0.05) is 6.07 Å². The standard InChI is InChI=1S/C18H19N5O4/c1-4-27-15-10-5-7-12(20-15)17-21-22-18(19-11-24)23(17)16-13(25-2)8-6-9-14(16)26-3/h5-11H,4H2,1-3H3,(H,19,22,24). The molecule has 0 aliphatic heterocycles. The second kappa shape index (κ2) is 8.17. The Morgan fingerprint density at radius 2 is 1.78 bits per heavy atom. The van der Waals surface area contributed by atoms with E-state index in [0.717, 1.165) is 0 Å². The minimum absolute atomic E-state index is 0.200. The molecule has 9 heteroatoms. The van der Waals surface area contributed by atoms with E-state index in [1.807, 2.05) is 6.92 Å². The molecule has 2 heterocycles. The van der Waals surface area contributed by atoms with Crippen molar-refractivity contribution in [2.75, 3.05) is 26.1 Å². The number of ether oxygens (including phenoxy) is 3. The Morgan fingerprint density at radius 3 is 2.41 bits per heavy atom. The van der Waals surface area contributed by atoms with Gasteiger partial charge in [0.1, 0.15) is 22.9 Å². The second-order valence-corrected chi connectivity index (χ2v) is 5.25. The van der Waals surface area contributed by atoms with Gasteiger partial charge in [0.2, 0.25) is 18.2 Å². The van der Waals surface area contributed by atoms with Gasteiger partial charge in [-0.2, -0.15) is 0 Å². The number of carbonyl (C=O) groups excluding carboxylic acids is 1. The zero-order valence-corrected chi connectivity index (χ0v) is 15.2. The summed E-state index contributed by atoms with van der Waals surface area (Å²) in [4.78, 5) is 15.5. The number of amides is 1. The Hall–Kier alpha value is -3.62. The Morgan fingerprint density at radius 1 is 1.07 bits per heavy atom. The first-order valence-corrected chi connectivity index (χ1v) is 8.20. The number of carbonyl (C=O) groups is 1. The highest BCUT2D eigenvalue weighted by molar-refractivity contribution is 5.73. The molecule has 2 aromatic heterocycles. The summed E-state index contributed by atoms with van der Waals surface area (Å²) in [7, 11) is 3.09. The molecule has 0 fully saturated rings. The normalized spacial score (nSPS) is 10.3. The number of aromatic nitrogens is 4. The van der Waals surface area contributed by atoms with Crippen molar-refractivity contribution in [1.82, 2.24) is 19.7 Å². The van der Waals surface area contributed by atoms with Crippen LogP contribution in [0, 0.1) is 0 Å². The van der Waals surface area contributed by atoms with Crippen molar-refractivity contribution in [2.24, 2.45) is 0 Å². The van der Waals surface area contributed by atoms with Crippen LogP contribution >= 0.6 is 0 Å². The van der Waals surface area contributed by atoms with Gasteiger partial charge in [0.15, 0.2) is 5.82 Å². The Kier molecular flexibility index (Phi) is 5.50. The molecule has 1 aromatic carbocycles. The van der Waals surface area contributed by atoms with Gasteiger partial charge < -0.3 is 14.2 Å². The quantitative estimate of drug-likeness (QED) is 0.608. The Bertz CT molecular complexity index is 919. The molecule has 3 aromatic rings. The summed E-state index contributed by atoms with van der Waals surface area (Å²) in [6.45, 7) is 2.37. The molecule has 0 unspecified atom stereocenters. The molecule has 0 aliphatic carbocycles. The molecule has 3 rings (SSSR count). The SMILES string of the molecule is CCOc1cccc(-c2nnc(NC=O)n2-c2c(OC)cccc2OC)n1. The van der Waals surface area contributed by atoms with Crippen LogP contribution in [0.15, 0.2) is 36.4 Å². The fourth-order valence-corrected chi connectivity index (χ4v) is 2.63. The third-order valence-electron chi connectivity index (χ3n) is 3.72. The van der Waals surface area contributed by atoms with Gasteiger partial charge >= 0.3 is 0 Å². The van der Waals surface area contributed by atoms with Crippen molar-refractivity contribution in [3.05, 3.63) is 36.4 Å². The first-order chi connectivity index (χ1) is 13.2. The minimum atomic E-state index is 0.200. The predicted molar refractivity (Wildman–Crippen MR) is 98.5 cm³/mol. The van der Waals surface area contributed by atoms with Crippen LogP contribution in [0.2, 0.25) is 0 Å². The lowest BCUT2D eigenvalue weighted by Crippen LogP contribution is -2.09. The monoisotopic (exact) mass is 369 g/mol. The number of para-hydroxylation sites is 1. The fourth-order valence-electron chi connectivity index (χ4n) is 2.63. The van der Waals surface area contributed by atoms with Crippen LogP contribution in [0.5, 0.6) is 17.4 Å². The van der Waals surface area contributed by atoms with Crippen LogP contribution in [0.4, 0.5) is 5.95 Å². The van der Waals surface area contributed by atoms with Crippen molar-refractivity contribution in [3.63, 3.8) is 0 Å². The summed E-state index contributed by atoms with van der Waals surface area (Å²) >= 11 is 0. The van der Waals surface area contributed by atoms with E-state index in [9.17, 15) is 4.79 Å². The maximum Gasteiger partial charge on any atom is 0.236 e. The van der Waals surface area contributed by atoms with Crippen molar-refractivity contribution in [2.45, 2.75) is 6.92 Å². The maximum absolute atomic E-state index is 11.1.